The molecule has 1 atom stereocenters. The van der Waals surface area contributed by atoms with Crippen molar-refractivity contribution in [2.24, 2.45) is 5.89 Å². The van der Waals surface area contributed by atoms with Gasteiger partial charge in [-0.15, -0.1) is 0 Å². The molecule has 0 radical (unpaired) electrons. The molecular formula is C6H13N. The molecule has 1 saturated heterocycles. The summed E-state index contributed by atoms with van der Waals surface area (Å²) in [6.45, 7) is 3.96. The Balaban J connectivity index is 2.33. The van der Waals surface area contributed by atoms with Crippen LogP contribution in [-0.4, -0.2) is 13.1 Å². The van der Waals surface area contributed by atoms with Crippen LogP contribution in [0.4, 0.5) is 0 Å². The molecule has 1 aliphatic rings. The molecule has 1 heteroatoms. The molecule has 0 amide bonds. The van der Waals surface area contributed by atoms with E-state index in [1.807, 2.05) is 6.92 Å². The molecule has 1 unspecified atom stereocenters. The first-order valence-electron chi connectivity index (χ1n) is 3.41. The molecule has 0 aliphatic carbocycles. The van der Waals surface area contributed by atoms with Crippen LogP contribution < -0.4 is 5.32 Å². The van der Waals surface area contributed by atoms with Gasteiger partial charge in [0.1, 0.15) is 0 Å². The van der Waals surface area contributed by atoms with Gasteiger partial charge in [-0.05, 0) is 31.8 Å². The van der Waals surface area contributed by atoms with E-state index in [0.29, 0.717) is 0 Å². The summed E-state index contributed by atoms with van der Waals surface area (Å²) in [5.74, 6) is -0.182. The van der Waals surface area contributed by atoms with Crippen molar-refractivity contribution in [2.45, 2.75) is 19.8 Å². The first kappa shape index (κ1) is 3.90. The average Bonchev–Trinajstić information content (AvgIpc) is 1.65. The number of hydrogen-bond donors (Lipinski definition) is 1. The molecular weight excluding hydrogens is 86.1 g/mol. The van der Waals surface area contributed by atoms with Crippen molar-refractivity contribution < 1.29 is 1.37 Å². The van der Waals surface area contributed by atoms with Gasteiger partial charge < -0.3 is 5.32 Å². The summed E-state index contributed by atoms with van der Waals surface area (Å²) >= 11 is 0. The van der Waals surface area contributed by atoms with Gasteiger partial charge in [0, 0.05) is 1.37 Å². The van der Waals surface area contributed by atoms with Gasteiger partial charge in [0.15, 0.2) is 0 Å². The second-order valence-corrected chi connectivity index (χ2v) is 2.24. The smallest absolute Gasteiger partial charge is 0.0313 e. The summed E-state index contributed by atoms with van der Waals surface area (Å²) in [5, 5.41) is 3.19. The Labute approximate surface area is 46.5 Å². The van der Waals surface area contributed by atoms with Gasteiger partial charge in [0.05, 0.1) is 0 Å². The second-order valence-electron chi connectivity index (χ2n) is 2.24. The molecule has 1 aliphatic heterocycles. The van der Waals surface area contributed by atoms with Crippen molar-refractivity contribution in [3.8, 4) is 0 Å². The Hall–Kier alpha value is -0.0400. The highest BCUT2D eigenvalue weighted by Crippen LogP contribution is 2.06. The topological polar surface area (TPSA) is 12.0 Å². The first-order chi connectivity index (χ1) is 3.71. The van der Waals surface area contributed by atoms with Crippen molar-refractivity contribution in [1.29, 1.82) is 0 Å². The van der Waals surface area contributed by atoms with Crippen LogP contribution in [0.15, 0.2) is 0 Å². The van der Waals surface area contributed by atoms with E-state index < -0.39 is 0 Å². The van der Waals surface area contributed by atoms with Crippen LogP contribution in [0.25, 0.3) is 0 Å². The third-order valence-electron chi connectivity index (χ3n) is 1.38. The maximum absolute atomic E-state index is 7.56. The number of hydrogen-bond acceptors (Lipinski definition) is 1. The Kier molecular flexibility index (Phi) is 1.29. The largest absolute Gasteiger partial charge is 0.316 e. The van der Waals surface area contributed by atoms with Crippen molar-refractivity contribution in [3.63, 3.8) is 0 Å². The van der Waals surface area contributed by atoms with E-state index in [2.05, 4.69) is 5.32 Å². The van der Waals surface area contributed by atoms with Crippen LogP contribution in [0.2, 0.25) is 0 Å². The minimum Gasteiger partial charge on any atom is -0.316 e. The molecule has 42 valence electrons. The van der Waals surface area contributed by atoms with E-state index in [1.165, 1.54) is 6.42 Å². The van der Waals surface area contributed by atoms with Crippen LogP contribution in [0.5, 0.6) is 0 Å². The lowest BCUT2D eigenvalue weighted by atomic mass is 10.0. The third kappa shape index (κ3) is 1.48. The van der Waals surface area contributed by atoms with E-state index in [1.54, 1.807) is 0 Å². The summed E-state index contributed by atoms with van der Waals surface area (Å²) in [5.41, 5.74) is 0. The summed E-state index contributed by atoms with van der Waals surface area (Å²) in [4.78, 5) is 0. The maximum Gasteiger partial charge on any atom is 0.0313 e. The summed E-state index contributed by atoms with van der Waals surface area (Å²) in [7, 11) is 0. The van der Waals surface area contributed by atoms with E-state index in [4.69, 9.17) is 1.37 Å². The summed E-state index contributed by atoms with van der Waals surface area (Å²) in [6, 6.07) is 0. The van der Waals surface area contributed by atoms with Gasteiger partial charge in [-0.2, -0.15) is 0 Å². The molecule has 7 heavy (non-hydrogen) atoms. The molecule has 1 fully saturated rings. The summed E-state index contributed by atoms with van der Waals surface area (Å²) < 4.78 is 7.56. The van der Waals surface area contributed by atoms with Crippen molar-refractivity contribution in [3.05, 3.63) is 0 Å². The predicted octanol–water partition coefficient (Wildman–Crippen LogP) is 1.01. The van der Waals surface area contributed by atoms with E-state index in [0.717, 1.165) is 19.5 Å². The van der Waals surface area contributed by atoms with Gasteiger partial charge in [-0.1, -0.05) is 6.92 Å². The zero-order chi connectivity index (χ0) is 6.04. The molecule has 0 aromatic carbocycles. The zero-order valence-corrected chi connectivity index (χ0v) is 4.83. The Morgan fingerprint density at radius 1 is 1.86 bits per heavy atom. The molecule has 1 rings (SSSR count). The minimum atomic E-state index is -0.182. The monoisotopic (exact) mass is 100 g/mol. The molecule has 0 spiro atoms. The van der Waals surface area contributed by atoms with Crippen molar-refractivity contribution in [1.82, 2.24) is 5.32 Å². The molecule has 1 N–H and O–H groups in total. The predicted molar refractivity (Wildman–Crippen MR) is 31.3 cm³/mol. The molecule has 0 bridgehead atoms. The van der Waals surface area contributed by atoms with Gasteiger partial charge in [0.25, 0.3) is 0 Å². The van der Waals surface area contributed by atoms with Crippen LogP contribution >= 0.6 is 0 Å². The lowest BCUT2D eigenvalue weighted by molar-refractivity contribution is 0.405. The van der Waals surface area contributed by atoms with Crippen LogP contribution in [0, 0.1) is 5.89 Å². The number of rotatable bonds is 0. The molecule has 0 aromatic rings. The Morgan fingerprint density at radius 2 is 2.71 bits per heavy atom. The van der Waals surface area contributed by atoms with Crippen molar-refractivity contribution in [2.75, 3.05) is 13.1 Å². The normalized spacial score (nSPS) is 45.6. The van der Waals surface area contributed by atoms with Crippen LogP contribution in [0.1, 0.15) is 21.1 Å². The highest BCUT2D eigenvalue weighted by molar-refractivity contribution is 4.63. The van der Waals surface area contributed by atoms with Gasteiger partial charge in [-0.3, -0.25) is 0 Å². The lowest BCUT2D eigenvalue weighted by Crippen LogP contribution is -2.27. The molecule has 0 saturated carbocycles. The van der Waals surface area contributed by atoms with Crippen molar-refractivity contribution >= 4 is 0 Å². The standard InChI is InChI=1S/C6H13N/c1-6-3-2-4-7-5-6/h6-7H,2-5H2,1H3/i6D. The fourth-order valence-corrected chi connectivity index (χ4v) is 0.905. The maximum atomic E-state index is 7.56. The quantitative estimate of drug-likeness (QED) is 0.479. The fourth-order valence-electron chi connectivity index (χ4n) is 0.905. The molecule has 1 nitrogen and oxygen atoms in total. The van der Waals surface area contributed by atoms with E-state index in [9.17, 15) is 0 Å². The average molecular weight is 100 g/mol. The Morgan fingerprint density at radius 3 is 3.00 bits per heavy atom. The lowest BCUT2D eigenvalue weighted by Gasteiger charge is -2.17. The van der Waals surface area contributed by atoms with E-state index in [-0.39, 0.29) is 5.89 Å². The van der Waals surface area contributed by atoms with Gasteiger partial charge in [-0.25, -0.2) is 0 Å². The van der Waals surface area contributed by atoms with E-state index >= 15 is 0 Å². The highest BCUT2D eigenvalue weighted by atomic mass is 14.9. The minimum absolute atomic E-state index is 0.182. The number of piperidine rings is 1. The third-order valence-corrected chi connectivity index (χ3v) is 1.38. The second kappa shape index (κ2) is 2.31. The number of nitrogens with one attached hydrogen (secondary N) is 1. The molecule has 0 aromatic heterocycles. The first-order valence-corrected chi connectivity index (χ1v) is 2.91. The summed E-state index contributed by atoms with van der Waals surface area (Å²) in [6.07, 6.45) is 2.22. The highest BCUT2D eigenvalue weighted by Gasteiger charge is 2.04. The van der Waals surface area contributed by atoms with Gasteiger partial charge in [0.2, 0.25) is 0 Å². The van der Waals surface area contributed by atoms with Gasteiger partial charge >= 0.3 is 0 Å². The van der Waals surface area contributed by atoms with Crippen LogP contribution in [-0.2, 0) is 0 Å². The SMILES string of the molecule is [2H]C1(C)CCCNC1. The zero-order valence-electron chi connectivity index (χ0n) is 5.83. The van der Waals surface area contributed by atoms with Crippen LogP contribution in [0.3, 0.4) is 0 Å². The fraction of sp³-hybridized carbons (Fsp3) is 1.00. The Bertz CT molecular complexity index is 72.6. The molecule has 1 heterocycles.